The van der Waals surface area contributed by atoms with Crippen LogP contribution in [0.4, 0.5) is 0 Å². The predicted molar refractivity (Wildman–Crippen MR) is 35.2 cm³/mol. The molecule has 0 radical (unpaired) electrons. The third kappa shape index (κ3) is 5.56. The van der Waals surface area contributed by atoms with Crippen LogP contribution in [-0.4, -0.2) is 24.7 Å². The van der Waals surface area contributed by atoms with Crippen molar-refractivity contribution in [2.45, 2.75) is 6.42 Å². The highest BCUT2D eigenvalue weighted by Crippen LogP contribution is 1.98. The van der Waals surface area contributed by atoms with Crippen LogP contribution in [0.3, 0.4) is 0 Å². The van der Waals surface area contributed by atoms with Gasteiger partial charge in [0.05, 0.1) is 11.7 Å². The van der Waals surface area contributed by atoms with Crippen molar-refractivity contribution >= 4 is 16.1 Å². The van der Waals surface area contributed by atoms with Crippen molar-refractivity contribution in [2.75, 3.05) is 5.75 Å². The number of carboxylic acid groups (broad SMARTS) is 1. The monoisotopic (exact) mass is 179 g/mol. The number of carbonyl (C=O) groups excluding carboxylic acids is 1. The van der Waals surface area contributed by atoms with Crippen molar-refractivity contribution in [3.05, 3.63) is 12.2 Å². The van der Waals surface area contributed by atoms with Gasteiger partial charge >= 0.3 is 0 Å². The highest BCUT2D eigenvalue weighted by molar-refractivity contribution is 7.85. The maximum atomic E-state index is 10.1. The molecule has 0 amide bonds. The zero-order valence-corrected chi connectivity index (χ0v) is 6.43. The third-order valence-corrected chi connectivity index (χ3v) is 1.67. The van der Waals surface area contributed by atoms with E-state index in [1.165, 1.54) is 0 Å². The van der Waals surface area contributed by atoms with Gasteiger partial charge in [0, 0.05) is 0 Å². The summed E-state index contributed by atoms with van der Waals surface area (Å²) < 4.78 is 28.3. The molecule has 0 aliphatic carbocycles. The van der Waals surface area contributed by atoms with E-state index in [-0.39, 0.29) is 12.0 Å². The van der Waals surface area contributed by atoms with E-state index >= 15 is 0 Å². The second kappa shape index (κ2) is 3.49. The smallest absolute Gasteiger partial charge is 0.265 e. The molecule has 64 valence electrons. The van der Waals surface area contributed by atoms with Crippen LogP contribution < -0.4 is 5.11 Å². The molecule has 0 aromatic carbocycles. The molecule has 0 spiro atoms. The largest absolute Gasteiger partial charge is 0.545 e. The summed E-state index contributed by atoms with van der Waals surface area (Å²) >= 11 is 0. The van der Waals surface area contributed by atoms with Crippen molar-refractivity contribution in [1.29, 1.82) is 0 Å². The van der Waals surface area contributed by atoms with E-state index in [4.69, 9.17) is 4.55 Å². The first-order chi connectivity index (χ1) is 4.83. The quantitative estimate of drug-likeness (QED) is 0.421. The Hall–Kier alpha value is -0.880. The molecule has 5 nitrogen and oxygen atoms in total. The maximum absolute atomic E-state index is 10.1. The zero-order chi connectivity index (χ0) is 9.07. The van der Waals surface area contributed by atoms with E-state index in [1.807, 2.05) is 0 Å². The molecule has 0 unspecified atom stereocenters. The Morgan fingerprint density at radius 3 is 2.27 bits per heavy atom. The van der Waals surface area contributed by atoms with Gasteiger partial charge in [0.25, 0.3) is 10.1 Å². The molecule has 0 aliphatic rings. The first-order valence-electron chi connectivity index (χ1n) is 2.67. The molecule has 0 aromatic rings. The van der Waals surface area contributed by atoms with Crippen molar-refractivity contribution in [1.82, 2.24) is 0 Å². The minimum absolute atomic E-state index is 0.318. The molecule has 0 rings (SSSR count). The molecule has 0 bridgehead atoms. The van der Waals surface area contributed by atoms with Crippen LogP contribution in [0.2, 0.25) is 0 Å². The van der Waals surface area contributed by atoms with Gasteiger partial charge in [-0.25, -0.2) is 0 Å². The van der Waals surface area contributed by atoms with Gasteiger partial charge in [0.1, 0.15) is 0 Å². The van der Waals surface area contributed by atoms with Gasteiger partial charge in [0.15, 0.2) is 0 Å². The Morgan fingerprint density at radius 1 is 1.55 bits per heavy atom. The highest BCUT2D eigenvalue weighted by Gasteiger charge is 2.05. The number of rotatable bonds is 4. The summed E-state index contributed by atoms with van der Waals surface area (Å²) in [4.78, 5) is 9.93. The van der Waals surface area contributed by atoms with E-state index in [1.54, 1.807) is 0 Å². The van der Waals surface area contributed by atoms with Crippen LogP contribution >= 0.6 is 0 Å². The average Bonchev–Trinajstić information content (AvgIpc) is 1.80. The molecule has 11 heavy (non-hydrogen) atoms. The Balaban J connectivity index is 3.92. The molecule has 0 saturated carbocycles. The summed E-state index contributed by atoms with van der Waals surface area (Å²) in [5.41, 5.74) is -0.345. The molecular weight excluding hydrogens is 172 g/mol. The summed E-state index contributed by atoms with van der Waals surface area (Å²) in [6.45, 7) is 3.02. The standard InChI is InChI=1S/C5H8O5S/c1-4(5(6)7)2-3-11(8,9)10/h1-3H2,(H,6,7)(H,8,9,10)/p-1. The molecule has 0 atom stereocenters. The van der Waals surface area contributed by atoms with Crippen LogP contribution in [0.1, 0.15) is 6.42 Å². The van der Waals surface area contributed by atoms with Gasteiger partial charge in [-0.15, -0.1) is 0 Å². The number of aliphatic carboxylic acids is 1. The van der Waals surface area contributed by atoms with Crippen LogP contribution in [-0.2, 0) is 14.9 Å². The van der Waals surface area contributed by atoms with Crippen molar-refractivity contribution in [3.63, 3.8) is 0 Å². The molecule has 1 N–H and O–H groups in total. The summed E-state index contributed by atoms with van der Waals surface area (Å²) in [5.74, 6) is -2.14. The highest BCUT2D eigenvalue weighted by atomic mass is 32.2. The van der Waals surface area contributed by atoms with E-state index in [0.29, 0.717) is 0 Å². The lowest BCUT2D eigenvalue weighted by molar-refractivity contribution is -0.299. The maximum Gasteiger partial charge on any atom is 0.265 e. The first kappa shape index (κ1) is 10.1. The lowest BCUT2D eigenvalue weighted by atomic mass is 10.2. The minimum atomic E-state index is -4.10. The minimum Gasteiger partial charge on any atom is -0.545 e. The Morgan fingerprint density at radius 2 is 2.00 bits per heavy atom. The van der Waals surface area contributed by atoms with Gasteiger partial charge in [-0.1, -0.05) is 6.58 Å². The number of carbonyl (C=O) groups is 1. The molecule has 0 fully saturated rings. The van der Waals surface area contributed by atoms with Crippen molar-refractivity contribution in [2.24, 2.45) is 0 Å². The average molecular weight is 179 g/mol. The molecule has 0 aliphatic heterocycles. The fraction of sp³-hybridized carbons (Fsp3) is 0.400. The molecule has 6 heteroatoms. The number of carboxylic acids is 1. The van der Waals surface area contributed by atoms with Gasteiger partial charge in [0.2, 0.25) is 0 Å². The molecule has 0 heterocycles. The summed E-state index contributed by atoms with van der Waals surface area (Å²) in [5, 5.41) is 9.93. The van der Waals surface area contributed by atoms with E-state index in [0.717, 1.165) is 0 Å². The van der Waals surface area contributed by atoms with E-state index in [2.05, 4.69) is 6.58 Å². The first-order valence-corrected chi connectivity index (χ1v) is 4.28. The Labute approximate surface area is 64.1 Å². The van der Waals surface area contributed by atoms with Crippen LogP contribution in [0.5, 0.6) is 0 Å². The van der Waals surface area contributed by atoms with Crippen LogP contribution in [0, 0.1) is 0 Å². The number of hydrogen-bond acceptors (Lipinski definition) is 4. The lowest BCUT2D eigenvalue weighted by Gasteiger charge is -2.03. The SMILES string of the molecule is C=C(CCS(=O)(=O)O)C(=O)[O-]. The van der Waals surface area contributed by atoms with Crippen LogP contribution in [0.25, 0.3) is 0 Å². The van der Waals surface area contributed by atoms with Crippen LogP contribution in [0.15, 0.2) is 12.2 Å². The molecule has 0 aromatic heterocycles. The van der Waals surface area contributed by atoms with Crippen molar-refractivity contribution < 1.29 is 22.9 Å². The topological polar surface area (TPSA) is 94.5 Å². The van der Waals surface area contributed by atoms with E-state index in [9.17, 15) is 18.3 Å². The fourth-order valence-corrected chi connectivity index (χ4v) is 0.859. The van der Waals surface area contributed by atoms with Gasteiger partial charge < -0.3 is 9.90 Å². The summed E-state index contributed by atoms with van der Waals surface area (Å²) in [6, 6.07) is 0. The second-order valence-electron chi connectivity index (χ2n) is 1.93. The third-order valence-electron chi connectivity index (χ3n) is 0.950. The summed E-state index contributed by atoms with van der Waals surface area (Å²) in [6.07, 6.45) is -0.318. The molecule has 0 saturated heterocycles. The van der Waals surface area contributed by atoms with Gasteiger partial charge in [-0.05, 0) is 12.0 Å². The summed E-state index contributed by atoms with van der Waals surface area (Å²) in [7, 11) is -4.10. The van der Waals surface area contributed by atoms with Gasteiger partial charge in [-0.3, -0.25) is 4.55 Å². The predicted octanol–water partition coefficient (Wildman–Crippen LogP) is -1.43. The fourth-order valence-electron chi connectivity index (χ4n) is 0.354. The number of hydrogen-bond donors (Lipinski definition) is 1. The van der Waals surface area contributed by atoms with Gasteiger partial charge in [-0.2, -0.15) is 8.42 Å². The van der Waals surface area contributed by atoms with E-state index < -0.39 is 21.8 Å². The Kier molecular flexibility index (Phi) is 3.21. The second-order valence-corrected chi connectivity index (χ2v) is 3.50. The normalized spacial score (nSPS) is 11.0. The Bertz CT molecular complexity index is 263. The zero-order valence-electron chi connectivity index (χ0n) is 5.61. The molecular formula is C5H7O5S-. The van der Waals surface area contributed by atoms with Crippen molar-refractivity contribution in [3.8, 4) is 0 Å². The lowest BCUT2D eigenvalue weighted by Crippen LogP contribution is -2.25.